The SMILES string of the molecule is CCCCn1cccc(C(N)c2ccc(OC)c(C)c2)c1=O. The Bertz CT molecular complexity index is 692. The molecule has 0 radical (unpaired) electrons. The minimum absolute atomic E-state index is 0.00285. The summed E-state index contributed by atoms with van der Waals surface area (Å²) in [7, 11) is 1.64. The van der Waals surface area contributed by atoms with E-state index in [1.165, 1.54) is 0 Å². The molecule has 0 amide bonds. The Labute approximate surface area is 131 Å². The molecule has 0 bridgehead atoms. The number of hydrogen-bond donors (Lipinski definition) is 1. The highest BCUT2D eigenvalue weighted by Crippen LogP contribution is 2.24. The molecule has 2 rings (SSSR count). The Hall–Kier alpha value is -2.07. The zero-order chi connectivity index (χ0) is 16.1. The van der Waals surface area contributed by atoms with E-state index in [9.17, 15) is 4.79 Å². The van der Waals surface area contributed by atoms with Gasteiger partial charge in [-0.05, 0) is 36.6 Å². The van der Waals surface area contributed by atoms with Crippen molar-refractivity contribution in [2.75, 3.05) is 7.11 Å². The third kappa shape index (κ3) is 3.39. The molecule has 1 aromatic carbocycles. The molecule has 0 aliphatic rings. The zero-order valence-electron chi connectivity index (χ0n) is 13.5. The number of unbranched alkanes of at least 4 members (excludes halogenated alkanes) is 1. The lowest BCUT2D eigenvalue weighted by molar-refractivity contribution is 0.411. The van der Waals surface area contributed by atoms with E-state index in [0.29, 0.717) is 5.56 Å². The topological polar surface area (TPSA) is 57.2 Å². The average molecular weight is 300 g/mol. The predicted molar refractivity (Wildman–Crippen MR) is 89.4 cm³/mol. The smallest absolute Gasteiger partial charge is 0.255 e. The Balaban J connectivity index is 2.35. The van der Waals surface area contributed by atoms with Crippen molar-refractivity contribution in [1.29, 1.82) is 0 Å². The molecule has 0 aliphatic carbocycles. The summed E-state index contributed by atoms with van der Waals surface area (Å²) in [4.78, 5) is 12.6. The van der Waals surface area contributed by atoms with E-state index in [-0.39, 0.29) is 5.56 Å². The molecule has 0 spiro atoms. The van der Waals surface area contributed by atoms with E-state index in [4.69, 9.17) is 10.5 Å². The summed E-state index contributed by atoms with van der Waals surface area (Å²) in [6, 6.07) is 9.07. The number of nitrogens with zero attached hydrogens (tertiary/aromatic N) is 1. The van der Waals surface area contributed by atoms with Crippen molar-refractivity contribution in [2.45, 2.75) is 39.3 Å². The summed E-state index contributed by atoms with van der Waals surface area (Å²) < 4.78 is 7.01. The van der Waals surface area contributed by atoms with Crippen LogP contribution >= 0.6 is 0 Å². The summed E-state index contributed by atoms with van der Waals surface area (Å²) in [5.41, 5.74) is 8.88. The number of aromatic nitrogens is 1. The van der Waals surface area contributed by atoms with Gasteiger partial charge < -0.3 is 15.0 Å². The molecule has 2 N–H and O–H groups in total. The molecule has 1 unspecified atom stereocenters. The largest absolute Gasteiger partial charge is 0.496 e. The quantitative estimate of drug-likeness (QED) is 0.892. The number of hydrogen-bond acceptors (Lipinski definition) is 3. The minimum atomic E-state index is -0.425. The summed E-state index contributed by atoms with van der Waals surface area (Å²) in [5, 5.41) is 0. The van der Waals surface area contributed by atoms with Crippen LogP contribution < -0.4 is 16.0 Å². The van der Waals surface area contributed by atoms with Gasteiger partial charge in [0.15, 0.2) is 0 Å². The van der Waals surface area contributed by atoms with Gasteiger partial charge in [-0.3, -0.25) is 4.79 Å². The highest BCUT2D eigenvalue weighted by Gasteiger charge is 2.15. The van der Waals surface area contributed by atoms with Crippen molar-refractivity contribution < 1.29 is 4.74 Å². The first-order valence-corrected chi connectivity index (χ1v) is 7.68. The minimum Gasteiger partial charge on any atom is -0.496 e. The van der Waals surface area contributed by atoms with E-state index in [2.05, 4.69) is 6.92 Å². The van der Waals surface area contributed by atoms with Crippen LogP contribution in [0.4, 0.5) is 0 Å². The Morgan fingerprint density at radius 3 is 2.73 bits per heavy atom. The van der Waals surface area contributed by atoms with Gasteiger partial charge in [-0.1, -0.05) is 31.5 Å². The molecule has 22 heavy (non-hydrogen) atoms. The maximum Gasteiger partial charge on any atom is 0.255 e. The van der Waals surface area contributed by atoms with Crippen LogP contribution in [0.3, 0.4) is 0 Å². The monoisotopic (exact) mass is 300 g/mol. The normalized spacial score (nSPS) is 12.2. The van der Waals surface area contributed by atoms with Crippen LogP contribution in [0.5, 0.6) is 5.75 Å². The van der Waals surface area contributed by atoms with Crippen molar-refractivity contribution in [3.8, 4) is 5.75 Å². The number of nitrogens with two attached hydrogens (primary N) is 1. The molecule has 4 heteroatoms. The average Bonchev–Trinajstić information content (AvgIpc) is 2.53. The molecule has 0 fully saturated rings. The zero-order valence-corrected chi connectivity index (χ0v) is 13.5. The van der Waals surface area contributed by atoms with Crippen molar-refractivity contribution in [3.63, 3.8) is 0 Å². The second-order valence-corrected chi connectivity index (χ2v) is 5.52. The van der Waals surface area contributed by atoms with Crippen LogP contribution in [-0.2, 0) is 6.54 Å². The second-order valence-electron chi connectivity index (χ2n) is 5.52. The van der Waals surface area contributed by atoms with Crippen LogP contribution in [0.25, 0.3) is 0 Å². The number of benzene rings is 1. The van der Waals surface area contributed by atoms with E-state index >= 15 is 0 Å². The first kappa shape index (κ1) is 16.3. The molecule has 2 aromatic rings. The lowest BCUT2D eigenvalue weighted by Gasteiger charge is -2.15. The molecule has 1 aromatic heterocycles. The molecule has 118 valence electrons. The van der Waals surface area contributed by atoms with Gasteiger partial charge >= 0.3 is 0 Å². The van der Waals surface area contributed by atoms with Crippen molar-refractivity contribution >= 4 is 0 Å². The van der Waals surface area contributed by atoms with Gasteiger partial charge in [-0.15, -0.1) is 0 Å². The standard InChI is InChI=1S/C18H24N2O2/c1-4-5-10-20-11-6-7-15(18(20)21)17(19)14-8-9-16(22-3)13(2)12-14/h6-9,11-12,17H,4-5,10,19H2,1-3H3. The van der Waals surface area contributed by atoms with Gasteiger partial charge in [0.2, 0.25) is 0 Å². The van der Waals surface area contributed by atoms with Gasteiger partial charge in [0.1, 0.15) is 5.75 Å². The molecule has 0 saturated carbocycles. The van der Waals surface area contributed by atoms with Crippen LogP contribution in [0.1, 0.15) is 42.5 Å². The lowest BCUT2D eigenvalue weighted by Crippen LogP contribution is -2.28. The first-order valence-electron chi connectivity index (χ1n) is 7.68. The summed E-state index contributed by atoms with van der Waals surface area (Å²) in [6.45, 7) is 4.82. The Morgan fingerprint density at radius 1 is 1.32 bits per heavy atom. The molecular formula is C18H24N2O2. The molecular weight excluding hydrogens is 276 g/mol. The fourth-order valence-electron chi connectivity index (χ4n) is 2.57. The molecule has 4 nitrogen and oxygen atoms in total. The van der Waals surface area contributed by atoms with Crippen LogP contribution in [-0.4, -0.2) is 11.7 Å². The second kappa shape index (κ2) is 7.27. The third-order valence-corrected chi connectivity index (χ3v) is 3.92. The number of pyridine rings is 1. The van der Waals surface area contributed by atoms with Gasteiger partial charge in [-0.2, -0.15) is 0 Å². The van der Waals surface area contributed by atoms with E-state index < -0.39 is 6.04 Å². The van der Waals surface area contributed by atoms with E-state index in [1.807, 2.05) is 43.5 Å². The molecule has 1 heterocycles. The molecule has 0 saturated heterocycles. The summed E-state index contributed by atoms with van der Waals surface area (Å²) in [6.07, 6.45) is 3.87. The Kier molecular flexibility index (Phi) is 5.39. The summed E-state index contributed by atoms with van der Waals surface area (Å²) in [5.74, 6) is 0.823. The van der Waals surface area contributed by atoms with Gasteiger partial charge in [0.25, 0.3) is 5.56 Å². The van der Waals surface area contributed by atoms with E-state index in [1.54, 1.807) is 11.7 Å². The number of rotatable bonds is 6. The third-order valence-electron chi connectivity index (χ3n) is 3.92. The predicted octanol–water partition coefficient (Wildman–Crippen LogP) is 3.01. The summed E-state index contributed by atoms with van der Waals surface area (Å²) >= 11 is 0. The fraction of sp³-hybridized carbons (Fsp3) is 0.389. The number of methoxy groups -OCH3 is 1. The number of aryl methyl sites for hydroxylation is 2. The highest BCUT2D eigenvalue weighted by atomic mass is 16.5. The van der Waals surface area contributed by atoms with Crippen LogP contribution in [0, 0.1) is 6.92 Å². The number of ether oxygens (including phenoxy) is 1. The van der Waals surface area contributed by atoms with Crippen molar-refractivity contribution in [1.82, 2.24) is 4.57 Å². The molecule has 0 aliphatic heterocycles. The van der Waals surface area contributed by atoms with Crippen molar-refractivity contribution in [2.24, 2.45) is 5.73 Å². The van der Waals surface area contributed by atoms with Gasteiger partial charge in [-0.25, -0.2) is 0 Å². The fourth-order valence-corrected chi connectivity index (χ4v) is 2.57. The van der Waals surface area contributed by atoms with Gasteiger partial charge in [0.05, 0.1) is 13.2 Å². The van der Waals surface area contributed by atoms with Crippen LogP contribution in [0.15, 0.2) is 41.3 Å². The Morgan fingerprint density at radius 2 is 2.09 bits per heavy atom. The van der Waals surface area contributed by atoms with Crippen LogP contribution in [0.2, 0.25) is 0 Å². The van der Waals surface area contributed by atoms with E-state index in [0.717, 1.165) is 36.3 Å². The highest BCUT2D eigenvalue weighted by molar-refractivity contribution is 5.40. The first-order chi connectivity index (χ1) is 10.6. The maximum atomic E-state index is 12.6. The maximum absolute atomic E-state index is 12.6. The van der Waals surface area contributed by atoms with Crippen molar-refractivity contribution in [3.05, 3.63) is 63.6 Å². The molecule has 1 atom stereocenters. The van der Waals surface area contributed by atoms with Gasteiger partial charge in [0, 0.05) is 18.3 Å². The lowest BCUT2D eigenvalue weighted by atomic mass is 9.99.